The lowest BCUT2D eigenvalue weighted by atomic mass is 9.82. The Morgan fingerprint density at radius 3 is 2.30 bits per heavy atom. The normalized spacial score (nSPS) is 12.9. The van der Waals surface area contributed by atoms with E-state index in [1.54, 1.807) is 19.9 Å². The van der Waals surface area contributed by atoms with Gasteiger partial charge in [0.25, 0.3) is 0 Å². The van der Waals surface area contributed by atoms with E-state index in [2.05, 4.69) is 31.9 Å². The molecule has 0 atom stereocenters. The Balaban J connectivity index is 3.05. The minimum atomic E-state index is -3.11. The number of sulfone groups is 1. The first-order valence-corrected chi connectivity index (χ1v) is 10.3. The maximum absolute atomic E-state index is 13.4. The van der Waals surface area contributed by atoms with Gasteiger partial charge in [-0.25, -0.2) is 12.8 Å². The molecule has 0 aromatic heterocycles. The molecule has 1 aromatic carbocycles. The first-order chi connectivity index (χ1) is 9.27. The van der Waals surface area contributed by atoms with E-state index in [0.29, 0.717) is 17.1 Å². The summed E-state index contributed by atoms with van der Waals surface area (Å²) in [5.74, 6) is -0.209. The van der Waals surface area contributed by atoms with Crippen molar-refractivity contribution in [3.05, 3.63) is 35.6 Å². The van der Waals surface area contributed by atoms with E-state index in [1.165, 1.54) is 12.1 Å². The fourth-order valence-corrected chi connectivity index (χ4v) is 5.14. The van der Waals surface area contributed by atoms with Gasteiger partial charge < -0.3 is 0 Å². The molecule has 0 aliphatic heterocycles. The monoisotopic (exact) mass is 428 g/mol. The number of hydrogen-bond donors (Lipinski definition) is 0. The van der Waals surface area contributed by atoms with E-state index in [4.69, 9.17) is 0 Å². The molecule has 0 fully saturated rings. The third kappa shape index (κ3) is 4.28. The SMILES string of the molecule is CC(C)S(=O)(=O)CCC(CBr)(CBr)c1cccc(F)c1. The fraction of sp³-hybridized carbons (Fsp3) is 0.571. The molecule has 0 aliphatic rings. The molecule has 2 nitrogen and oxygen atoms in total. The molecular formula is C14H19Br2FO2S. The van der Waals surface area contributed by atoms with Gasteiger partial charge in [0.1, 0.15) is 5.82 Å². The molecule has 0 radical (unpaired) electrons. The van der Waals surface area contributed by atoms with Gasteiger partial charge in [0.05, 0.1) is 11.0 Å². The van der Waals surface area contributed by atoms with Crippen LogP contribution < -0.4 is 0 Å². The van der Waals surface area contributed by atoms with E-state index in [1.807, 2.05) is 6.07 Å². The molecular weight excluding hydrogens is 411 g/mol. The molecule has 0 unspecified atom stereocenters. The van der Waals surface area contributed by atoms with Crippen LogP contribution in [-0.2, 0) is 15.3 Å². The lowest BCUT2D eigenvalue weighted by Crippen LogP contribution is -2.34. The largest absolute Gasteiger partial charge is 0.229 e. The van der Waals surface area contributed by atoms with Crippen molar-refractivity contribution in [2.24, 2.45) is 0 Å². The van der Waals surface area contributed by atoms with Gasteiger partial charge in [0.15, 0.2) is 9.84 Å². The van der Waals surface area contributed by atoms with Crippen LogP contribution in [0.1, 0.15) is 25.8 Å². The lowest BCUT2D eigenvalue weighted by Gasteiger charge is -2.31. The summed E-state index contributed by atoms with van der Waals surface area (Å²) in [4.78, 5) is 0. The second-order valence-electron chi connectivity index (χ2n) is 5.22. The maximum atomic E-state index is 13.4. The van der Waals surface area contributed by atoms with Gasteiger partial charge in [-0.05, 0) is 38.0 Å². The number of rotatable bonds is 7. The van der Waals surface area contributed by atoms with E-state index in [0.717, 1.165) is 5.56 Å². The topological polar surface area (TPSA) is 34.1 Å². The van der Waals surface area contributed by atoms with Crippen molar-refractivity contribution in [2.75, 3.05) is 16.4 Å². The molecule has 114 valence electrons. The van der Waals surface area contributed by atoms with Crippen LogP contribution in [-0.4, -0.2) is 30.1 Å². The van der Waals surface area contributed by atoms with Gasteiger partial charge in [-0.3, -0.25) is 0 Å². The van der Waals surface area contributed by atoms with Crippen molar-refractivity contribution in [2.45, 2.75) is 30.9 Å². The van der Waals surface area contributed by atoms with Crippen LogP contribution in [0.5, 0.6) is 0 Å². The van der Waals surface area contributed by atoms with Crippen molar-refractivity contribution < 1.29 is 12.8 Å². The highest BCUT2D eigenvalue weighted by Gasteiger charge is 2.32. The predicted molar refractivity (Wildman–Crippen MR) is 89.2 cm³/mol. The quantitative estimate of drug-likeness (QED) is 0.612. The molecule has 6 heteroatoms. The molecule has 0 amide bonds. The number of alkyl halides is 2. The fourth-order valence-electron chi connectivity index (χ4n) is 1.86. The highest BCUT2D eigenvalue weighted by Crippen LogP contribution is 2.33. The summed E-state index contributed by atoms with van der Waals surface area (Å²) in [6, 6.07) is 6.36. The molecule has 20 heavy (non-hydrogen) atoms. The van der Waals surface area contributed by atoms with Gasteiger partial charge in [0.2, 0.25) is 0 Å². The zero-order valence-corrected chi connectivity index (χ0v) is 15.6. The smallest absolute Gasteiger partial charge is 0.152 e. The van der Waals surface area contributed by atoms with Crippen molar-refractivity contribution in [3.63, 3.8) is 0 Å². The van der Waals surface area contributed by atoms with Crippen molar-refractivity contribution in [1.29, 1.82) is 0 Å². The van der Waals surface area contributed by atoms with Crippen molar-refractivity contribution >= 4 is 41.7 Å². The Bertz CT molecular complexity index is 540. The second-order valence-corrected chi connectivity index (χ2v) is 9.02. The second kappa shape index (κ2) is 7.36. The van der Waals surface area contributed by atoms with Gasteiger partial charge in [-0.15, -0.1) is 0 Å². The summed E-state index contributed by atoms with van der Waals surface area (Å²) < 4.78 is 37.4. The first-order valence-electron chi connectivity index (χ1n) is 6.37. The molecule has 0 heterocycles. The number of hydrogen-bond acceptors (Lipinski definition) is 2. The number of benzene rings is 1. The van der Waals surface area contributed by atoms with Gasteiger partial charge in [0, 0.05) is 16.1 Å². The first kappa shape index (κ1) is 18.1. The Labute approximate surface area is 137 Å². The molecule has 0 saturated heterocycles. The average molecular weight is 430 g/mol. The molecule has 0 aliphatic carbocycles. The van der Waals surface area contributed by atoms with Crippen LogP contribution in [0.3, 0.4) is 0 Å². The van der Waals surface area contributed by atoms with Crippen molar-refractivity contribution in [1.82, 2.24) is 0 Å². The van der Waals surface area contributed by atoms with Gasteiger partial charge in [-0.1, -0.05) is 44.0 Å². The van der Waals surface area contributed by atoms with Gasteiger partial charge >= 0.3 is 0 Å². The summed E-state index contributed by atoms with van der Waals surface area (Å²) in [6.45, 7) is 3.36. The average Bonchev–Trinajstić information content (AvgIpc) is 2.40. The van der Waals surface area contributed by atoms with Crippen LogP contribution >= 0.6 is 31.9 Å². The van der Waals surface area contributed by atoms with Crippen LogP contribution in [0, 0.1) is 5.82 Å². The Morgan fingerprint density at radius 1 is 1.25 bits per heavy atom. The van der Waals surface area contributed by atoms with E-state index in [-0.39, 0.29) is 11.6 Å². The van der Waals surface area contributed by atoms with Crippen LogP contribution in [0.2, 0.25) is 0 Å². The molecule has 1 aromatic rings. The van der Waals surface area contributed by atoms with E-state index in [9.17, 15) is 12.8 Å². The summed E-state index contributed by atoms with van der Waals surface area (Å²) in [5.41, 5.74) is 0.384. The minimum absolute atomic E-state index is 0.0956. The Morgan fingerprint density at radius 2 is 1.85 bits per heavy atom. The maximum Gasteiger partial charge on any atom is 0.152 e. The van der Waals surface area contributed by atoms with Crippen LogP contribution in [0.25, 0.3) is 0 Å². The molecule has 1 rings (SSSR count). The highest BCUT2D eigenvalue weighted by atomic mass is 79.9. The van der Waals surface area contributed by atoms with E-state index < -0.39 is 20.5 Å². The number of halogens is 3. The standard InChI is InChI=1S/C14H19Br2FO2S/c1-11(2)20(18,19)7-6-14(9-15,10-16)12-4-3-5-13(17)8-12/h3-5,8,11H,6-7,9-10H2,1-2H3. The van der Waals surface area contributed by atoms with Gasteiger partial charge in [-0.2, -0.15) is 0 Å². The zero-order chi connectivity index (χ0) is 15.4. The zero-order valence-electron chi connectivity index (χ0n) is 11.6. The van der Waals surface area contributed by atoms with Crippen molar-refractivity contribution in [3.8, 4) is 0 Å². The van der Waals surface area contributed by atoms with Crippen LogP contribution in [0.4, 0.5) is 4.39 Å². The molecule has 0 bridgehead atoms. The molecule has 0 saturated carbocycles. The summed E-state index contributed by atoms with van der Waals surface area (Å²) in [7, 11) is -3.11. The predicted octanol–water partition coefficient (Wildman–Crippen LogP) is 4.07. The minimum Gasteiger partial charge on any atom is -0.229 e. The third-order valence-electron chi connectivity index (χ3n) is 3.53. The summed E-state index contributed by atoms with van der Waals surface area (Å²) in [5, 5.41) is 0.753. The summed E-state index contributed by atoms with van der Waals surface area (Å²) >= 11 is 6.90. The lowest BCUT2D eigenvalue weighted by molar-refractivity contribution is 0.515. The third-order valence-corrected chi connectivity index (χ3v) is 7.89. The summed E-state index contributed by atoms with van der Waals surface area (Å²) in [6.07, 6.45) is 0.452. The Hall–Kier alpha value is 0.0600. The molecule has 0 spiro atoms. The Kier molecular flexibility index (Phi) is 6.67. The highest BCUT2D eigenvalue weighted by molar-refractivity contribution is 9.09. The molecule has 0 N–H and O–H groups in total. The van der Waals surface area contributed by atoms with E-state index >= 15 is 0 Å². The van der Waals surface area contributed by atoms with Crippen LogP contribution in [0.15, 0.2) is 24.3 Å².